The molecule has 3 heterocycles. The summed E-state index contributed by atoms with van der Waals surface area (Å²) in [7, 11) is 0. The summed E-state index contributed by atoms with van der Waals surface area (Å²) in [5, 5.41) is 3.09. The number of carbonyl (C=O) groups is 1. The minimum Gasteiger partial charge on any atom is -0.444 e. The van der Waals surface area contributed by atoms with E-state index in [1.54, 1.807) is 17.0 Å². The number of nitrogens with zero attached hydrogens (tertiary/aromatic N) is 5. The molecule has 0 unspecified atom stereocenters. The lowest BCUT2D eigenvalue weighted by atomic mass is 9.86. The fraction of sp³-hybridized carbons (Fsp3) is 0.423. The quantitative estimate of drug-likeness (QED) is 0.398. The Balaban J connectivity index is 1.53. The van der Waals surface area contributed by atoms with Gasteiger partial charge in [-0.3, -0.25) is 0 Å². The Morgan fingerprint density at radius 1 is 1.05 bits per heavy atom. The Bertz CT molecular complexity index is 1270. The first-order valence-corrected chi connectivity index (χ1v) is 12.5. The third kappa shape index (κ3) is 7.09. The van der Waals surface area contributed by atoms with Crippen LogP contribution < -0.4 is 5.32 Å². The van der Waals surface area contributed by atoms with Crippen molar-refractivity contribution in [3.8, 4) is 11.3 Å². The highest BCUT2D eigenvalue weighted by molar-refractivity contribution is 6.28. The number of carbonyl (C=O) groups excluding carboxylic acids is 1. The van der Waals surface area contributed by atoms with E-state index in [1.165, 1.54) is 12.4 Å². The lowest BCUT2D eigenvalue weighted by molar-refractivity contribution is -0.141. The van der Waals surface area contributed by atoms with Crippen LogP contribution in [0.5, 0.6) is 0 Å². The molecule has 202 valence electrons. The Hall–Kier alpha value is -3.47. The van der Waals surface area contributed by atoms with Gasteiger partial charge >= 0.3 is 12.3 Å². The zero-order chi connectivity index (χ0) is 27.5. The van der Waals surface area contributed by atoms with E-state index in [4.69, 9.17) is 16.3 Å². The molecule has 1 aliphatic heterocycles. The van der Waals surface area contributed by atoms with E-state index in [0.717, 1.165) is 17.2 Å². The molecule has 8 nitrogen and oxygen atoms in total. The highest BCUT2D eigenvalue weighted by atomic mass is 35.5. The van der Waals surface area contributed by atoms with Crippen molar-refractivity contribution in [3.05, 3.63) is 64.8 Å². The number of amides is 1. The van der Waals surface area contributed by atoms with Gasteiger partial charge in [0.15, 0.2) is 0 Å². The van der Waals surface area contributed by atoms with Gasteiger partial charge in [-0.25, -0.2) is 19.7 Å². The van der Waals surface area contributed by atoms with Gasteiger partial charge in [0.05, 0.1) is 5.69 Å². The molecule has 1 saturated heterocycles. The Morgan fingerprint density at radius 3 is 2.34 bits per heavy atom. The Kier molecular flexibility index (Phi) is 8.05. The summed E-state index contributed by atoms with van der Waals surface area (Å²) in [5.41, 5.74) is 0.919. The van der Waals surface area contributed by atoms with Gasteiger partial charge in [0.2, 0.25) is 11.2 Å². The summed E-state index contributed by atoms with van der Waals surface area (Å²) in [6.07, 6.45) is -2.47. The average Bonchev–Trinajstić information content (AvgIpc) is 2.86. The van der Waals surface area contributed by atoms with Crippen LogP contribution in [0.4, 0.5) is 23.9 Å². The molecule has 1 amide bonds. The molecular weight excluding hydrogens is 521 g/mol. The van der Waals surface area contributed by atoms with Crippen molar-refractivity contribution in [2.75, 3.05) is 18.4 Å². The molecule has 38 heavy (non-hydrogen) atoms. The predicted octanol–water partition coefficient (Wildman–Crippen LogP) is 6.33. The van der Waals surface area contributed by atoms with E-state index in [9.17, 15) is 18.0 Å². The number of aromatic nitrogens is 4. The van der Waals surface area contributed by atoms with Gasteiger partial charge < -0.3 is 15.0 Å². The minimum absolute atomic E-state index is 0.0478. The number of hydrogen-bond acceptors (Lipinski definition) is 7. The first kappa shape index (κ1) is 27.6. The maximum absolute atomic E-state index is 13.5. The lowest BCUT2D eigenvalue weighted by Crippen LogP contribution is -2.41. The second-order valence-electron chi connectivity index (χ2n) is 10.0. The van der Waals surface area contributed by atoms with E-state index in [0.29, 0.717) is 49.7 Å². The third-order valence-electron chi connectivity index (χ3n) is 6.02. The van der Waals surface area contributed by atoms with E-state index in [-0.39, 0.29) is 17.3 Å². The van der Waals surface area contributed by atoms with E-state index in [2.05, 4.69) is 25.3 Å². The van der Waals surface area contributed by atoms with Crippen molar-refractivity contribution in [2.45, 2.75) is 57.9 Å². The molecule has 0 spiro atoms. The summed E-state index contributed by atoms with van der Waals surface area (Å²) < 4.78 is 46.1. The number of ether oxygens (including phenoxy) is 1. The monoisotopic (exact) mass is 548 g/mol. The van der Waals surface area contributed by atoms with Gasteiger partial charge in [0, 0.05) is 25.2 Å². The molecule has 3 aromatic rings. The maximum atomic E-state index is 13.5. The highest BCUT2D eigenvalue weighted by Gasteiger charge is 2.35. The molecule has 2 aromatic heterocycles. The predicted molar refractivity (Wildman–Crippen MR) is 137 cm³/mol. The summed E-state index contributed by atoms with van der Waals surface area (Å²) >= 11 is 5.77. The number of halogens is 4. The number of likely N-dealkylation sites (tertiary alicyclic amines) is 1. The molecule has 4 rings (SSSR count). The molecule has 1 fully saturated rings. The van der Waals surface area contributed by atoms with Crippen molar-refractivity contribution in [1.82, 2.24) is 24.8 Å². The number of alkyl halides is 3. The van der Waals surface area contributed by atoms with E-state index >= 15 is 0 Å². The number of rotatable bonds is 5. The van der Waals surface area contributed by atoms with Crippen molar-refractivity contribution < 1.29 is 22.7 Å². The average molecular weight is 549 g/mol. The smallest absolute Gasteiger partial charge is 0.433 e. The Labute approximate surface area is 223 Å². The van der Waals surface area contributed by atoms with Gasteiger partial charge in [-0.05, 0) is 68.3 Å². The van der Waals surface area contributed by atoms with Gasteiger partial charge in [-0.15, -0.1) is 0 Å². The molecule has 0 aliphatic carbocycles. The number of piperidine rings is 1. The van der Waals surface area contributed by atoms with Crippen molar-refractivity contribution in [1.29, 1.82) is 0 Å². The minimum atomic E-state index is -4.57. The topological polar surface area (TPSA) is 93.1 Å². The van der Waals surface area contributed by atoms with Crippen LogP contribution in [0.3, 0.4) is 0 Å². The summed E-state index contributed by atoms with van der Waals surface area (Å²) in [5.74, 6) is 0.266. The van der Waals surface area contributed by atoms with Gasteiger partial charge in [0.25, 0.3) is 0 Å². The summed E-state index contributed by atoms with van der Waals surface area (Å²) in [6, 6.07) is 9.65. The normalized spacial score (nSPS) is 14.9. The first-order chi connectivity index (χ1) is 17.9. The standard InChI is InChI=1S/C26H28ClF3N6O2/c1-25(2,3)38-24(37)36-12-10-17(11-13-36)19-8-9-20(26(28,29)30)34-21(19)18-6-4-16(5-7-18)14-31-23-33-15-32-22(27)35-23/h4-9,15,17H,10-14H2,1-3H3,(H,31,32,33,35). The molecule has 0 saturated carbocycles. The number of anilines is 1. The number of pyridine rings is 1. The SMILES string of the molecule is CC(C)(C)OC(=O)N1CCC(c2ccc(C(F)(F)F)nc2-c2ccc(CNc3ncnc(Cl)n3)cc2)CC1. The molecule has 1 aliphatic rings. The second-order valence-corrected chi connectivity index (χ2v) is 10.3. The number of hydrogen-bond donors (Lipinski definition) is 1. The Morgan fingerprint density at radius 2 is 1.74 bits per heavy atom. The molecule has 0 atom stereocenters. The fourth-order valence-corrected chi connectivity index (χ4v) is 4.33. The molecule has 1 N–H and O–H groups in total. The highest BCUT2D eigenvalue weighted by Crippen LogP contribution is 2.37. The third-order valence-corrected chi connectivity index (χ3v) is 6.21. The first-order valence-electron chi connectivity index (χ1n) is 12.1. The van der Waals surface area contributed by atoms with Crippen molar-refractivity contribution in [2.24, 2.45) is 0 Å². The van der Waals surface area contributed by atoms with Crippen LogP contribution in [-0.4, -0.2) is 49.6 Å². The van der Waals surface area contributed by atoms with Gasteiger partial charge in [-0.1, -0.05) is 30.3 Å². The molecular formula is C26H28ClF3N6O2. The molecule has 0 bridgehead atoms. The number of nitrogens with one attached hydrogen (secondary N) is 1. The largest absolute Gasteiger partial charge is 0.444 e. The van der Waals surface area contributed by atoms with Crippen LogP contribution in [0.2, 0.25) is 5.28 Å². The summed E-state index contributed by atoms with van der Waals surface area (Å²) in [4.78, 5) is 29.8. The van der Waals surface area contributed by atoms with Crippen LogP contribution in [-0.2, 0) is 17.5 Å². The fourth-order valence-electron chi connectivity index (χ4n) is 4.21. The lowest BCUT2D eigenvalue weighted by Gasteiger charge is -2.34. The zero-order valence-corrected chi connectivity index (χ0v) is 22.0. The number of benzene rings is 1. The molecule has 12 heteroatoms. The van der Waals surface area contributed by atoms with Crippen LogP contribution in [0.15, 0.2) is 42.7 Å². The zero-order valence-electron chi connectivity index (χ0n) is 21.2. The maximum Gasteiger partial charge on any atom is 0.433 e. The van der Waals surface area contributed by atoms with Crippen LogP contribution in [0.1, 0.15) is 56.4 Å². The van der Waals surface area contributed by atoms with Crippen molar-refractivity contribution in [3.63, 3.8) is 0 Å². The van der Waals surface area contributed by atoms with Crippen LogP contribution in [0.25, 0.3) is 11.3 Å². The van der Waals surface area contributed by atoms with Crippen LogP contribution >= 0.6 is 11.6 Å². The van der Waals surface area contributed by atoms with Gasteiger partial charge in [0.1, 0.15) is 17.6 Å². The van der Waals surface area contributed by atoms with Crippen molar-refractivity contribution >= 4 is 23.6 Å². The van der Waals surface area contributed by atoms with E-state index < -0.39 is 17.5 Å². The molecule has 0 radical (unpaired) electrons. The summed E-state index contributed by atoms with van der Waals surface area (Å²) in [6.45, 7) is 6.70. The molecule has 1 aromatic carbocycles. The van der Waals surface area contributed by atoms with E-state index in [1.807, 2.05) is 32.9 Å². The second kappa shape index (κ2) is 11.1. The van der Waals surface area contributed by atoms with Gasteiger partial charge in [-0.2, -0.15) is 18.2 Å². The van der Waals surface area contributed by atoms with Crippen LogP contribution in [0, 0.1) is 0 Å².